The number of aromatic nitrogens is 2. The highest BCUT2D eigenvalue weighted by Gasteiger charge is 2.31. The number of nitrogens with two attached hydrogens (primary N) is 1. The highest BCUT2D eigenvalue weighted by molar-refractivity contribution is 9.10. The van der Waals surface area contributed by atoms with E-state index >= 15 is 0 Å². The number of nitrogens with zero attached hydrogens (tertiary/aromatic N) is 2. The van der Waals surface area contributed by atoms with Crippen LogP contribution in [0.5, 0.6) is 0 Å². The Morgan fingerprint density at radius 1 is 1.24 bits per heavy atom. The molecule has 90 valence electrons. The summed E-state index contributed by atoms with van der Waals surface area (Å²) in [7, 11) is 0. The summed E-state index contributed by atoms with van der Waals surface area (Å²) in [5.74, 6) is 0.245. The summed E-state index contributed by atoms with van der Waals surface area (Å²) in [6.07, 6.45) is -2.89. The summed E-state index contributed by atoms with van der Waals surface area (Å²) in [5, 5.41) is 3.86. The zero-order valence-corrected chi connectivity index (χ0v) is 9.96. The molecule has 17 heavy (non-hydrogen) atoms. The number of rotatable bonds is 1. The fourth-order valence-corrected chi connectivity index (χ4v) is 1.77. The van der Waals surface area contributed by atoms with E-state index in [1.54, 1.807) is 0 Å². The van der Waals surface area contributed by atoms with Gasteiger partial charge in [0.2, 0.25) is 0 Å². The first-order valence-corrected chi connectivity index (χ1v) is 5.35. The normalized spacial score (nSPS) is 11.8. The lowest BCUT2D eigenvalue weighted by atomic mass is 10.2. The Morgan fingerprint density at radius 3 is 2.47 bits per heavy atom. The van der Waals surface area contributed by atoms with E-state index in [2.05, 4.69) is 21.0 Å². The molecule has 0 bridgehead atoms. The molecule has 0 spiro atoms. The maximum atomic E-state index is 12.6. The highest BCUT2D eigenvalue weighted by Crippen LogP contribution is 2.33. The Hall–Kier alpha value is -1.50. The molecule has 2 aromatic rings. The summed E-state index contributed by atoms with van der Waals surface area (Å²) < 4.78 is 39.4. The minimum atomic E-state index is -4.38. The zero-order valence-electron chi connectivity index (χ0n) is 8.37. The number of hydrogen-bond acceptors (Lipinski definition) is 2. The monoisotopic (exact) mass is 305 g/mol. The Labute approximate surface area is 103 Å². The van der Waals surface area contributed by atoms with Crippen LogP contribution in [0.25, 0.3) is 5.69 Å². The van der Waals surface area contributed by atoms with E-state index < -0.39 is 11.7 Å². The quantitative estimate of drug-likeness (QED) is 0.879. The highest BCUT2D eigenvalue weighted by atomic mass is 79.9. The fraction of sp³-hybridized carbons (Fsp3) is 0.100. The van der Waals surface area contributed by atoms with Gasteiger partial charge in [-0.15, -0.1) is 0 Å². The molecular formula is C10H7BrF3N3. The van der Waals surface area contributed by atoms with Crippen LogP contribution in [0.3, 0.4) is 0 Å². The molecule has 1 aromatic carbocycles. The lowest BCUT2D eigenvalue weighted by Crippen LogP contribution is -2.07. The van der Waals surface area contributed by atoms with E-state index in [1.165, 1.54) is 23.0 Å². The molecule has 0 aliphatic rings. The van der Waals surface area contributed by atoms with Crippen LogP contribution in [-0.2, 0) is 6.18 Å². The van der Waals surface area contributed by atoms with E-state index in [4.69, 9.17) is 5.73 Å². The van der Waals surface area contributed by atoms with Crippen molar-refractivity contribution < 1.29 is 13.2 Å². The van der Waals surface area contributed by atoms with Crippen LogP contribution in [-0.4, -0.2) is 9.78 Å². The number of alkyl halides is 3. The van der Waals surface area contributed by atoms with E-state index in [0.29, 0.717) is 4.47 Å². The zero-order chi connectivity index (χ0) is 12.6. The van der Waals surface area contributed by atoms with E-state index in [1.807, 2.05) is 0 Å². The maximum Gasteiger partial charge on any atom is 0.416 e. The van der Waals surface area contributed by atoms with Gasteiger partial charge in [-0.2, -0.15) is 18.3 Å². The summed E-state index contributed by atoms with van der Waals surface area (Å²) in [5.41, 5.74) is 4.98. The van der Waals surface area contributed by atoms with Crippen LogP contribution in [0.4, 0.5) is 19.0 Å². The Kier molecular flexibility index (Phi) is 2.86. The molecule has 0 unspecified atom stereocenters. The lowest BCUT2D eigenvalue weighted by molar-refractivity contribution is -0.137. The smallest absolute Gasteiger partial charge is 0.382 e. The standard InChI is InChI=1S/C10H7BrF3N3/c11-7-2-1-6(10(12,13)14)5-8(7)17-4-3-9(15)16-17/h1-5H,(H2,15,16). The van der Waals surface area contributed by atoms with Crippen molar-refractivity contribution in [1.82, 2.24) is 9.78 Å². The largest absolute Gasteiger partial charge is 0.416 e. The maximum absolute atomic E-state index is 12.6. The van der Waals surface area contributed by atoms with Gasteiger partial charge >= 0.3 is 6.18 Å². The van der Waals surface area contributed by atoms with Gasteiger partial charge in [-0.25, -0.2) is 4.68 Å². The summed E-state index contributed by atoms with van der Waals surface area (Å²) in [6.45, 7) is 0. The van der Waals surface area contributed by atoms with Gasteiger partial charge in [0.15, 0.2) is 0 Å². The van der Waals surface area contributed by atoms with Crippen molar-refractivity contribution in [3.05, 3.63) is 40.5 Å². The van der Waals surface area contributed by atoms with E-state index in [9.17, 15) is 13.2 Å². The first-order valence-electron chi connectivity index (χ1n) is 4.56. The Bertz CT molecular complexity index is 548. The summed E-state index contributed by atoms with van der Waals surface area (Å²) in [6, 6.07) is 4.85. The van der Waals surface area contributed by atoms with Crippen molar-refractivity contribution in [1.29, 1.82) is 0 Å². The average Bonchev–Trinajstić information content (AvgIpc) is 2.63. The first-order chi connectivity index (χ1) is 7.88. The Morgan fingerprint density at radius 2 is 1.94 bits per heavy atom. The lowest BCUT2D eigenvalue weighted by Gasteiger charge is -2.10. The van der Waals surface area contributed by atoms with Gasteiger partial charge in [0, 0.05) is 16.7 Å². The molecule has 0 aliphatic carbocycles. The number of halogens is 4. The molecule has 2 N–H and O–H groups in total. The molecule has 3 nitrogen and oxygen atoms in total. The van der Waals surface area contributed by atoms with Gasteiger partial charge in [-0.1, -0.05) is 0 Å². The molecule has 1 aromatic heterocycles. The fourth-order valence-electron chi connectivity index (χ4n) is 1.34. The van der Waals surface area contributed by atoms with Gasteiger partial charge in [0.1, 0.15) is 5.82 Å². The molecule has 0 fully saturated rings. The molecule has 0 radical (unpaired) electrons. The van der Waals surface area contributed by atoms with E-state index in [0.717, 1.165) is 12.1 Å². The number of nitrogen functional groups attached to an aromatic ring is 1. The van der Waals surface area contributed by atoms with Crippen molar-refractivity contribution in [3.63, 3.8) is 0 Å². The topological polar surface area (TPSA) is 43.8 Å². The molecule has 2 rings (SSSR count). The van der Waals surface area contributed by atoms with Crippen molar-refractivity contribution in [3.8, 4) is 5.69 Å². The predicted molar refractivity (Wildman–Crippen MR) is 60.7 cm³/mol. The third kappa shape index (κ3) is 2.44. The van der Waals surface area contributed by atoms with Crippen LogP contribution in [0, 0.1) is 0 Å². The van der Waals surface area contributed by atoms with Gasteiger partial charge in [0.25, 0.3) is 0 Å². The summed E-state index contributed by atoms with van der Waals surface area (Å²) in [4.78, 5) is 0. The van der Waals surface area contributed by atoms with Crippen molar-refractivity contribution in [2.45, 2.75) is 6.18 Å². The number of anilines is 1. The van der Waals surface area contributed by atoms with Crippen LogP contribution < -0.4 is 5.73 Å². The van der Waals surface area contributed by atoms with Crippen molar-refractivity contribution in [2.75, 3.05) is 5.73 Å². The van der Waals surface area contributed by atoms with Gasteiger partial charge in [-0.05, 0) is 34.1 Å². The molecule has 0 amide bonds. The van der Waals surface area contributed by atoms with Crippen molar-refractivity contribution in [2.24, 2.45) is 0 Å². The van der Waals surface area contributed by atoms with Crippen LogP contribution in [0.1, 0.15) is 5.56 Å². The van der Waals surface area contributed by atoms with Gasteiger partial charge < -0.3 is 5.73 Å². The molecule has 0 aliphatic heterocycles. The summed E-state index contributed by atoms with van der Waals surface area (Å²) >= 11 is 3.17. The number of benzene rings is 1. The first kappa shape index (κ1) is 12.0. The second kappa shape index (κ2) is 4.06. The molecular weight excluding hydrogens is 299 g/mol. The minimum Gasteiger partial charge on any atom is -0.382 e. The van der Waals surface area contributed by atoms with Gasteiger partial charge in [0.05, 0.1) is 11.3 Å². The minimum absolute atomic E-state index is 0.245. The van der Waals surface area contributed by atoms with Crippen LogP contribution in [0.15, 0.2) is 34.9 Å². The van der Waals surface area contributed by atoms with Crippen LogP contribution >= 0.6 is 15.9 Å². The van der Waals surface area contributed by atoms with Crippen LogP contribution in [0.2, 0.25) is 0 Å². The second-order valence-corrected chi connectivity index (χ2v) is 4.20. The Balaban J connectivity index is 2.54. The van der Waals surface area contributed by atoms with E-state index in [-0.39, 0.29) is 11.5 Å². The molecule has 0 atom stereocenters. The molecule has 1 heterocycles. The molecule has 7 heteroatoms. The molecule has 0 saturated heterocycles. The second-order valence-electron chi connectivity index (χ2n) is 3.35. The van der Waals surface area contributed by atoms with Gasteiger partial charge in [-0.3, -0.25) is 0 Å². The van der Waals surface area contributed by atoms with Crippen molar-refractivity contribution >= 4 is 21.7 Å². The average molecular weight is 306 g/mol. The predicted octanol–water partition coefficient (Wildman–Crippen LogP) is 3.24. The number of hydrogen-bond donors (Lipinski definition) is 1. The SMILES string of the molecule is Nc1ccn(-c2cc(C(F)(F)F)ccc2Br)n1. The third-order valence-electron chi connectivity index (χ3n) is 2.13. The molecule has 0 saturated carbocycles. The third-order valence-corrected chi connectivity index (χ3v) is 2.80.